The summed E-state index contributed by atoms with van der Waals surface area (Å²) in [4.78, 5) is 24.2. The monoisotopic (exact) mass is 309 g/mol. The molecule has 1 aliphatic rings. The zero-order valence-electron chi connectivity index (χ0n) is 11.6. The van der Waals surface area contributed by atoms with Crippen molar-refractivity contribution in [3.8, 4) is 5.75 Å². The molecule has 0 saturated heterocycles. The molecule has 6 heteroatoms. The molecule has 112 valence electrons. The molecule has 0 aliphatic heterocycles. The maximum absolute atomic E-state index is 11.9. The summed E-state index contributed by atoms with van der Waals surface area (Å²) in [6.45, 7) is -0.0960. The maximum atomic E-state index is 11.9. The van der Waals surface area contributed by atoms with Gasteiger partial charge in [0.25, 0.3) is 5.91 Å². The number of aliphatic carboxylic acids is 1. The molecule has 0 radical (unpaired) electrons. The van der Waals surface area contributed by atoms with E-state index in [9.17, 15) is 9.59 Å². The summed E-state index contributed by atoms with van der Waals surface area (Å²) in [5, 5.41) is 9.05. The molecule has 0 atom stereocenters. The van der Waals surface area contributed by atoms with Crippen LogP contribution in [-0.2, 0) is 9.59 Å². The summed E-state index contributed by atoms with van der Waals surface area (Å²) < 4.78 is 5.49. The van der Waals surface area contributed by atoms with Crippen LogP contribution in [0.15, 0.2) is 24.3 Å². The first-order valence-electron chi connectivity index (χ1n) is 6.57. The number of carbonyl (C=O) groups excluding carboxylic acids is 1. The van der Waals surface area contributed by atoms with Crippen LogP contribution < -0.4 is 4.74 Å². The second-order valence-corrected chi connectivity index (χ2v) is 5.25. The lowest BCUT2D eigenvalue weighted by molar-refractivity contribution is -0.133. The normalized spacial score (nSPS) is 14.2. The van der Waals surface area contributed by atoms with E-state index in [-0.39, 0.29) is 12.5 Å². The Labute approximate surface area is 127 Å². The Morgan fingerprint density at radius 1 is 1.48 bits per heavy atom. The molecule has 0 aromatic heterocycles. The number of carbonyl (C=O) groups is 2. The van der Waals surface area contributed by atoms with E-state index in [1.165, 1.54) is 6.08 Å². The van der Waals surface area contributed by atoms with Crippen LogP contribution >= 0.6 is 11.6 Å². The molecule has 1 N–H and O–H groups in total. The number of carboxylic acid groups (broad SMARTS) is 1. The summed E-state index contributed by atoms with van der Waals surface area (Å²) >= 11 is 6.03. The van der Waals surface area contributed by atoms with Crippen molar-refractivity contribution in [1.29, 1.82) is 0 Å². The van der Waals surface area contributed by atoms with Gasteiger partial charge < -0.3 is 14.7 Å². The fourth-order valence-electron chi connectivity index (χ4n) is 1.87. The summed E-state index contributed by atoms with van der Waals surface area (Å²) in [7, 11) is 1.76. The van der Waals surface area contributed by atoms with E-state index >= 15 is 0 Å². The van der Waals surface area contributed by atoms with Gasteiger partial charge in [-0.15, -0.1) is 0 Å². The standard InChI is InChI=1S/C15H16ClNO4/c1-17(10-5-6-10)14(18)9-21-13-4-2-3-12(16)11(13)7-8-15(19)20/h2-4,7-8,10H,5-6,9H2,1H3,(H,19,20)/b8-7+. The minimum Gasteiger partial charge on any atom is -0.483 e. The second kappa shape index (κ2) is 6.63. The number of benzene rings is 1. The molecule has 21 heavy (non-hydrogen) atoms. The number of halogens is 1. The lowest BCUT2D eigenvalue weighted by atomic mass is 10.2. The van der Waals surface area contributed by atoms with Gasteiger partial charge in [-0.1, -0.05) is 17.7 Å². The summed E-state index contributed by atoms with van der Waals surface area (Å²) in [5.74, 6) is -0.798. The Morgan fingerprint density at radius 3 is 2.81 bits per heavy atom. The topological polar surface area (TPSA) is 66.8 Å². The van der Waals surface area contributed by atoms with Crippen molar-refractivity contribution in [3.63, 3.8) is 0 Å². The van der Waals surface area contributed by atoms with Gasteiger partial charge in [-0.05, 0) is 31.1 Å². The van der Waals surface area contributed by atoms with Crippen LogP contribution in [0, 0.1) is 0 Å². The Morgan fingerprint density at radius 2 is 2.19 bits per heavy atom. The van der Waals surface area contributed by atoms with Crippen LogP contribution in [0.2, 0.25) is 5.02 Å². The van der Waals surface area contributed by atoms with E-state index in [0.717, 1.165) is 18.9 Å². The highest BCUT2D eigenvalue weighted by Gasteiger charge is 2.29. The van der Waals surface area contributed by atoms with Gasteiger partial charge >= 0.3 is 5.97 Å². The number of hydrogen-bond donors (Lipinski definition) is 1. The first kappa shape index (κ1) is 15.4. The van der Waals surface area contributed by atoms with Crippen LogP contribution in [0.3, 0.4) is 0 Å². The van der Waals surface area contributed by atoms with E-state index in [4.69, 9.17) is 21.4 Å². The average Bonchev–Trinajstić information content (AvgIpc) is 3.27. The number of amides is 1. The van der Waals surface area contributed by atoms with E-state index in [0.29, 0.717) is 22.4 Å². The van der Waals surface area contributed by atoms with Crippen molar-refractivity contribution in [3.05, 3.63) is 34.9 Å². The van der Waals surface area contributed by atoms with Crippen molar-refractivity contribution >= 4 is 29.6 Å². The molecule has 0 unspecified atom stereocenters. The van der Waals surface area contributed by atoms with Gasteiger partial charge in [-0.2, -0.15) is 0 Å². The van der Waals surface area contributed by atoms with Crippen molar-refractivity contribution in [2.45, 2.75) is 18.9 Å². The molecule has 1 saturated carbocycles. The quantitative estimate of drug-likeness (QED) is 0.820. The molecule has 1 aromatic rings. The number of likely N-dealkylation sites (N-methyl/N-ethyl adjacent to an activating group) is 1. The highest BCUT2D eigenvalue weighted by molar-refractivity contribution is 6.32. The van der Waals surface area contributed by atoms with Gasteiger partial charge in [0, 0.05) is 24.7 Å². The van der Waals surface area contributed by atoms with Crippen molar-refractivity contribution in [1.82, 2.24) is 4.90 Å². The molecule has 0 heterocycles. The second-order valence-electron chi connectivity index (χ2n) is 4.85. The minimum absolute atomic E-state index is 0.0960. The average molecular weight is 310 g/mol. The van der Waals surface area contributed by atoms with Gasteiger partial charge in [-0.3, -0.25) is 4.79 Å². The lowest BCUT2D eigenvalue weighted by Crippen LogP contribution is -2.33. The van der Waals surface area contributed by atoms with E-state index in [2.05, 4.69) is 0 Å². The largest absolute Gasteiger partial charge is 0.483 e. The van der Waals surface area contributed by atoms with Gasteiger partial charge in [0.15, 0.2) is 6.61 Å². The summed E-state index contributed by atoms with van der Waals surface area (Å²) in [6, 6.07) is 5.29. The smallest absolute Gasteiger partial charge is 0.328 e. The summed E-state index contributed by atoms with van der Waals surface area (Å²) in [6.07, 6.45) is 4.40. The predicted octanol–water partition coefficient (Wildman–Crippen LogP) is 2.44. The minimum atomic E-state index is -1.08. The fourth-order valence-corrected chi connectivity index (χ4v) is 2.10. The van der Waals surface area contributed by atoms with Crippen molar-refractivity contribution in [2.24, 2.45) is 0 Å². The first-order chi connectivity index (χ1) is 9.99. The van der Waals surface area contributed by atoms with E-state index < -0.39 is 5.97 Å². The zero-order chi connectivity index (χ0) is 15.4. The van der Waals surface area contributed by atoms with Crippen LogP contribution in [0.1, 0.15) is 18.4 Å². The third-order valence-electron chi connectivity index (χ3n) is 3.24. The molecule has 0 spiro atoms. The molecule has 1 aromatic carbocycles. The van der Waals surface area contributed by atoms with E-state index in [1.807, 2.05) is 0 Å². The number of ether oxygens (including phenoxy) is 1. The fraction of sp³-hybridized carbons (Fsp3) is 0.333. The Bertz CT molecular complexity index is 581. The SMILES string of the molecule is CN(C(=O)COc1cccc(Cl)c1/C=C/C(=O)O)C1CC1. The van der Waals surface area contributed by atoms with Crippen molar-refractivity contribution < 1.29 is 19.4 Å². The first-order valence-corrected chi connectivity index (χ1v) is 6.95. The van der Waals surface area contributed by atoms with Crippen LogP contribution in [0.5, 0.6) is 5.75 Å². The van der Waals surface area contributed by atoms with Gasteiger partial charge in [0.1, 0.15) is 5.75 Å². The Kier molecular flexibility index (Phi) is 4.85. The summed E-state index contributed by atoms with van der Waals surface area (Å²) in [5.41, 5.74) is 0.448. The van der Waals surface area contributed by atoms with Crippen molar-refractivity contribution in [2.75, 3.05) is 13.7 Å². The number of carboxylic acids is 1. The molecule has 1 aliphatic carbocycles. The Hall–Kier alpha value is -2.01. The highest BCUT2D eigenvalue weighted by Crippen LogP contribution is 2.28. The number of nitrogens with zero attached hydrogens (tertiary/aromatic N) is 1. The number of rotatable bonds is 6. The molecule has 5 nitrogen and oxygen atoms in total. The molecular formula is C15H16ClNO4. The molecule has 1 fully saturated rings. The molecular weight excluding hydrogens is 294 g/mol. The van der Waals surface area contributed by atoms with E-state index in [1.54, 1.807) is 30.1 Å². The third kappa shape index (κ3) is 4.23. The number of hydrogen-bond acceptors (Lipinski definition) is 3. The zero-order valence-corrected chi connectivity index (χ0v) is 12.3. The third-order valence-corrected chi connectivity index (χ3v) is 3.57. The van der Waals surface area contributed by atoms with Gasteiger partial charge in [-0.25, -0.2) is 4.79 Å². The van der Waals surface area contributed by atoms with Crippen LogP contribution in [-0.4, -0.2) is 41.6 Å². The molecule has 0 bridgehead atoms. The predicted molar refractivity (Wildman–Crippen MR) is 79.4 cm³/mol. The van der Waals surface area contributed by atoms with Gasteiger partial charge in [0.05, 0.1) is 5.02 Å². The van der Waals surface area contributed by atoms with Crippen LogP contribution in [0.25, 0.3) is 6.08 Å². The maximum Gasteiger partial charge on any atom is 0.328 e. The molecule has 2 rings (SSSR count). The molecule has 1 amide bonds. The highest BCUT2D eigenvalue weighted by atomic mass is 35.5. The van der Waals surface area contributed by atoms with Crippen LogP contribution in [0.4, 0.5) is 0 Å². The lowest BCUT2D eigenvalue weighted by Gasteiger charge is -2.17. The Balaban J connectivity index is 2.06. The van der Waals surface area contributed by atoms with Gasteiger partial charge in [0.2, 0.25) is 0 Å².